The summed E-state index contributed by atoms with van der Waals surface area (Å²) < 4.78 is 4.80. The Bertz CT molecular complexity index is 321. The minimum atomic E-state index is -0.787. The first-order chi connectivity index (χ1) is 6.70. The zero-order chi connectivity index (χ0) is 10.0. The predicted octanol–water partition coefficient (Wildman–Crippen LogP) is 0.583. The van der Waals surface area contributed by atoms with E-state index in [-0.39, 0.29) is 11.2 Å². The van der Waals surface area contributed by atoms with Crippen LogP contribution in [0, 0.1) is 0 Å². The number of aliphatic carboxylic acids is 1. The Morgan fingerprint density at radius 3 is 3.00 bits per heavy atom. The molecule has 2 heterocycles. The minimum absolute atomic E-state index is 0.132. The molecule has 1 fully saturated rings. The molecule has 0 radical (unpaired) electrons. The molecular formula is C8H10N2O3S. The molecule has 1 saturated heterocycles. The smallest absolute Gasteiger partial charge is 0.304 e. The second-order valence-corrected chi connectivity index (χ2v) is 4.68. The molecule has 5 nitrogen and oxygen atoms in total. The number of hydrogen-bond donors (Lipinski definition) is 2. The molecule has 0 aliphatic carbocycles. The van der Waals surface area contributed by atoms with Crippen LogP contribution in [0.2, 0.25) is 0 Å². The third-order valence-corrected chi connectivity index (χ3v) is 3.32. The summed E-state index contributed by atoms with van der Waals surface area (Å²) >= 11 is 1.39. The second-order valence-electron chi connectivity index (χ2n) is 3.26. The third-order valence-electron chi connectivity index (χ3n) is 2.08. The van der Waals surface area contributed by atoms with Gasteiger partial charge in [-0.1, -0.05) is 11.8 Å². The van der Waals surface area contributed by atoms with Gasteiger partial charge in [0.2, 0.25) is 0 Å². The van der Waals surface area contributed by atoms with Gasteiger partial charge in [-0.15, -0.1) is 0 Å². The maximum Gasteiger partial charge on any atom is 0.304 e. The highest BCUT2D eigenvalue weighted by Crippen LogP contribution is 2.37. The van der Waals surface area contributed by atoms with Crippen molar-refractivity contribution < 1.29 is 14.3 Å². The van der Waals surface area contributed by atoms with Gasteiger partial charge < -0.3 is 14.8 Å². The Hall–Kier alpha value is -1.01. The summed E-state index contributed by atoms with van der Waals surface area (Å²) in [5, 5.41) is 12.4. The van der Waals surface area contributed by atoms with E-state index in [2.05, 4.69) is 10.3 Å². The van der Waals surface area contributed by atoms with Crippen LogP contribution in [-0.2, 0) is 4.79 Å². The van der Waals surface area contributed by atoms with E-state index in [9.17, 15) is 4.79 Å². The van der Waals surface area contributed by atoms with Crippen LogP contribution < -0.4 is 5.32 Å². The summed E-state index contributed by atoms with van der Waals surface area (Å²) in [6, 6.07) is 0. The molecule has 2 rings (SSSR count). The molecule has 0 aromatic carbocycles. The van der Waals surface area contributed by atoms with Gasteiger partial charge in [-0.25, -0.2) is 4.98 Å². The van der Waals surface area contributed by atoms with Crippen molar-refractivity contribution in [2.75, 3.05) is 13.1 Å². The first kappa shape index (κ1) is 9.54. The number of carboxylic acids is 1. The zero-order valence-electron chi connectivity index (χ0n) is 7.40. The number of carboxylic acid groups (broad SMARTS) is 1. The molecule has 14 heavy (non-hydrogen) atoms. The van der Waals surface area contributed by atoms with Gasteiger partial charge in [-0.2, -0.15) is 0 Å². The first-order valence-corrected chi connectivity index (χ1v) is 5.03. The van der Waals surface area contributed by atoms with Crippen molar-refractivity contribution in [3.05, 3.63) is 12.5 Å². The van der Waals surface area contributed by atoms with E-state index in [4.69, 9.17) is 9.52 Å². The van der Waals surface area contributed by atoms with Crippen molar-refractivity contribution >= 4 is 17.7 Å². The van der Waals surface area contributed by atoms with E-state index in [1.807, 2.05) is 0 Å². The second kappa shape index (κ2) is 3.62. The quantitative estimate of drug-likeness (QED) is 0.763. The maximum atomic E-state index is 10.6. The van der Waals surface area contributed by atoms with Gasteiger partial charge in [0, 0.05) is 13.1 Å². The van der Waals surface area contributed by atoms with Crippen LogP contribution in [-0.4, -0.2) is 33.9 Å². The third kappa shape index (κ3) is 1.91. The molecule has 0 bridgehead atoms. The molecule has 1 aliphatic heterocycles. The summed E-state index contributed by atoms with van der Waals surface area (Å²) in [6.07, 6.45) is 3.18. The maximum absolute atomic E-state index is 10.6. The number of rotatable bonds is 4. The van der Waals surface area contributed by atoms with Crippen LogP contribution in [0.5, 0.6) is 0 Å². The Morgan fingerprint density at radius 2 is 2.57 bits per heavy atom. The Labute approximate surface area is 84.9 Å². The van der Waals surface area contributed by atoms with Crippen LogP contribution in [0.15, 0.2) is 22.1 Å². The van der Waals surface area contributed by atoms with E-state index in [0.29, 0.717) is 18.3 Å². The molecule has 6 heteroatoms. The van der Waals surface area contributed by atoms with Crippen molar-refractivity contribution in [3.63, 3.8) is 0 Å². The molecule has 76 valence electrons. The predicted molar refractivity (Wildman–Crippen MR) is 50.2 cm³/mol. The number of aromatic nitrogens is 1. The van der Waals surface area contributed by atoms with Gasteiger partial charge in [-0.05, 0) is 0 Å². The van der Waals surface area contributed by atoms with Gasteiger partial charge in [0.25, 0.3) is 5.22 Å². The fourth-order valence-electron chi connectivity index (χ4n) is 1.36. The molecule has 0 atom stereocenters. The zero-order valence-corrected chi connectivity index (χ0v) is 8.21. The van der Waals surface area contributed by atoms with E-state index >= 15 is 0 Å². The minimum Gasteiger partial charge on any atom is -0.481 e. The van der Waals surface area contributed by atoms with Crippen molar-refractivity contribution in [2.24, 2.45) is 0 Å². The summed E-state index contributed by atoms with van der Waals surface area (Å²) in [5.74, 6) is -0.787. The highest BCUT2D eigenvalue weighted by molar-refractivity contribution is 8.00. The molecule has 1 aromatic heterocycles. The normalized spacial score (nSPS) is 18.9. The van der Waals surface area contributed by atoms with Crippen LogP contribution in [0.25, 0.3) is 0 Å². The SMILES string of the molecule is O=C(O)CC1(Sc2ncco2)CNC1. The Balaban J connectivity index is 2.02. The molecule has 0 spiro atoms. The van der Waals surface area contributed by atoms with Crippen LogP contribution >= 0.6 is 11.8 Å². The topological polar surface area (TPSA) is 75.4 Å². The fourth-order valence-corrected chi connectivity index (χ4v) is 2.49. The molecule has 0 amide bonds. The van der Waals surface area contributed by atoms with Crippen molar-refractivity contribution in [3.8, 4) is 0 Å². The van der Waals surface area contributed by atoms with Gasteiger partial charge >= 0.3 is 5.97 Å². The Kier molecular flexibility index (Phi) is 2.47. The van der Waals surface area contributed by atoms with Gasteiger partial charge in [0.1, 0.15) is 6.26 Å². The summed E-state index contributed by atoms with van der Waals surface area (Å²) in [5.41, 5.74) is 0. The van der Waals surface area contributed by atoms with Crippen molar-refractivity contribution in [1.29, 1.82) is 0 Å². The number of hydrogen-bond acceptors (Lipinski definition) is 5. The molecule has 0 saturated carbocycles. The number of thioether (sulfide) groups is 1. The Morgan fingerprint density at radius 1 is 1.79 bits per heavy atom. The highest BCUT2D eigenvalue weighted by atomic mass is 32.2. The van der Waals surface area contributed by atoms with E-state index in [0.717, 1.165) is 0 Å². The molecule has 1 aliphatic rings. The lowest BCUT2D eigenvalue weighted by atomic mass is 9.98. The van der Waals surface area contributed by atoms with Crippen LogP contribution in [0.1, 0.15) is 6.42 Å². The molecular weight excluding hydrogens is 204 g/mol. The number of oxazole rings is 1. The summed E-state index contributed by atoms with van der Waals surface area (Å²) in [7, 11) is 0. The fraction of sp³-hybridized carbons (Fsp3) is 0.500. The van der Waals surface area contributed by atoms with E-state index in [1.165, 1.54) is 18.0 Å². The summed E-state index contributed by atoms with van der Waals surface area (Å²) in [4.78, 5) is 14.6. The van der Waals surface area contributed by atoms with Gasteiger partial charge in [-0.3, -0.25) is 4.79 Å². The largest absolute Gasteiger partial charge is 0.481 e. The number of carbonyl (C=O) groups is 1. The number of nitrogens with one attached hydrogen (secondary N) is 1. The molecule has 2 N–H and O–H groups in total. The molecule has 0 unspecified atom stereocenters. The molecule has 1 aromatic rings. The van der Waals surface area contributed by atoms with Crippen LogP contribution in [0.3, 0.4) is 0 Å². The van der Waals surface area contributed by atoms with E-state index < -0.39 is 5.97 Å². The lowest BCUT2D eigenvalue weighted by Crippen LogP contribution is -2.57. The van der Waals surface area contributed by atoms with Crippen molar-refractivity contribution in [2.45, 2.75) is 16.4 Å². The van der Waals surface area contributed by atoms with E-state index in [1.54, 1.807) is 6.20 Å². The monoisotopic (exact) mass is 214 g/mol. The van der Waals surface area contributed by atoms with Crippen LogP contribution in [0.4, 0.5) is 0 Å². The average molecular weight is 214 g/mol. The van der Waals surface area contributed by atoms with Gasteiger partial charge in [0.05, 0.1) is 17.4 Å². The summed E-state index contributed by atoms with van der Waals surface area (Å²) in [6.45, 7) is 1.37. The highest BCUT2D eigenvalue weighted by Gasteiger charge is 2.41. The number of nitrogens with zero attached hydrogens (tertiary/aromatic N) is 1. The average Bonchev–Trinajstić information content (AvgIpc) is 2.51. The van der Waals surface area contributed by atoms with Gasteiger partial charge in [0.15, 0.2) is 0 Å². The lowest BCUT2D eigenvalue weighted by molar-refractivity contribution is -0.138. The standard InChI is InChI=1S/C8H10N2O3S/c11-6(12)3-8(4-9-5-8)14-7-10-1-2-13-7/h1-2,9H,3-5H2,(H,11,12). The van der Waals surface area contributed by atoms with Crippen molar-refractivity contribution in [1.82, 2.24) is 10.3 Å². The first-order valence-electron chi connectivity index (χ1n) is 4.21. The lowest BCUT2D eigenvalue weighted by Gasteiger charge is -2.39.